The SMILES string of the molecule is Cc1cc(Br)c(S(=O)(=O)N(CCCl)C2CCC2)cc1Br. The van der Waals surface area contributed by atoms with Crippen molar-refractivity contribution < 1.29 is 8.42 Å². The van der Waals surface area contributed by atoms with Gasteiger partial charge in [0, 0.05) is 27.4 Å². The average molecular weight is 446 g/mol. The van der Waals surface area contributed by atoms with Crippen molar-refractivity contribution in [2.75, 3.05) is 12.4 Å². The molecule has 112 valence electrons. The number of hydrogen-bond donors (Lipinski definition) is 0. The highest BCUT2D eigenvalue weighted by Crippen LogP contribution is 2.35. The number of rotatable bonds is 5. The van der Waals surface area contributed by atoms with Crippen molar-refractivity contribution in [3.8, 4) is 0 Å². The van der Waals surface area contributed by atoms with Crippen LogP contribution in [0.15, 0.2) is 26.0 Å². The first-order valence-corrected chi connectivity index (χ1v) is 9.97. The summed E-state index contributed by atoms with van der Waals surface area (Å²) in [6.07, 6.45) is 2.92. The summed E-state index contributed by atoms with van der Waals surface area (Å²) in [5, 5.41) is 0. The van der Waals surface area contributed by atoms with Crippen LogP contribution >= 0.6 is 43.5 Å². The second-order valence-corrected chi connectivity index (χ2v) is 8.87. The zero-order valence-corrected chi connectivity index (χ0v) is 15.8. The Kier molecular flexibility index (Phi) is 5.57. The molecule has 0 radical (unpaired) electrons. The largest absolute Gasteiger partial charge is 0.244 e. The van der Waals surface area contributed by atoms with Gasteiger partial charge in [0.1, 0.15) is 0 Å². The summed E-state index contributed by atoms with van der Waals surface area (Å²) >= 11 is 12.5. The van der Waals surface area contributed by atoms with Gasteiger partial charge in [-0.05, 0) is 53.4 Å². The lowest BCUT2D eigenvalue weighted by Crippen LogP contribution is -2.45. The summed E-state index contributed by atoms with van der Waals surface area (Å²) < 4.78 is 28.6. The Balaban J connectivity index is 2.44. The van der Waals surface area contributed by atoms with Crippen LogP contribution in [0.25, 0.3) is 0 Å². The van der Waals surface area contributed by atoms with Crippen molar-refractivity contribution in [1.82, 2.24) is 4.31 Å². The highest BCUT2D eigenvalue weighted by atomic mass is 79.9. The van der Waals surface area contributed by atoms with Gasteiger partial charge in [0.2, 0.25) is 10.0 Å². The number of hydrogen-bond acceptors (Lipinski definition) is 2. The second kappa shape index (κ2) is 6.65. The minimum Gasteiger partial charge on any atom is -0.207 e. The maximum Gasteiger partial charge on any atom is 0.244 e. The van der Waals surface area contributed by atoms with Crippen LogP contribution in [0, 0.1) is 6.92 Å². The third kappa shape index (κ3) is 3.24. The molecule has 1 aromatic carbocycles. The number of benzene rings is 1. The zero-order chi connectivity index (χ0) is 14.9. The summed E-state index contributed by atoms with van der Waals surface area (Å²) in [7, 11) is -3.52. The van der Waals surface area contributed by atoms with Gasteiger partial charge in [-0.15, -0.1) is 11.6 Å². The molecule has 0 amide bonds. The van der Waals surface area contributed by atoms with Crippen molar-refractivity contribution in [3.63, 3.8) is 0 Å². The molecule has 0 aromatic heterocycles. The number of aryl methyl sites for hydroxylation is 1. The first-order valence-electron chi connectivity index (χ1n) is 6.41. The van der Waals surface area contributed by atoms with E-state index in [0.29, 0.717) is 21.8 Å². The molecule has 0 N–H and O–H groups in total. The van der Waals surface area contributed by atoms with Crippen LogP contribution in [0.5, 0.6) is 0 Å². The first kappa shape index (κ1) is 16.7. The van der Waals surface area contributed by atoms with Gasteiger partial charge in [0.25, 0.3) is 0 Å². The average Bonchev–Trinajstić information content (AvgIpc) is 2.30. The molecule has 0 atom stereocenters. The molecule has 0 bridgehead atoms. The quantitative estimate of drug-likeness (QED) is 0.634. The second-order valence-electron chi connectivity index (χ2n) is 4.92. The zero-order valence-electron chi connectivity index (χ0n) is 11.1. The van der Waals surface area contributed by atoms with E-state index in [1.54, 1.807) is 10.4 Å². The molecule has 7 heteroatoms. The fraction of sp³-hybridized carbons (Fsp3) is 0.538. The normalized spacial score (nSPS) is 16.4. The highest BCUT2D eigenvalue weighted by Gasteiger charge is 2.35. The van der Waals surface area contributed by atoms with E-state index in [1.165, 1.54) is 0 Å². The Bertz CT molecular complexity index is 603. The van der Waals surface area contributed by atoms with Gasteiger partial charge in [-0.3, -0.25) is 0 Å². The lowest BCUT2D eigenvalue weighted by Gasteiger charge is -2.36. The van der Waals surface area contributed by atoms with Gasteiger partial charge >= 0.3 is 0 Å². The van der Waals surface area contributed by atoms with Gasteiger partial charge in [-0.25, -0.2) is 8.42 Å². The molecular formula is C13H16Br2ClNO2S. The third-order valence-electron chi connectivity index (χ3n) is 3.59. The lowest BCUT2D eigenvalue weighted by molar-refractivity contribution is 0.227. The Morgan fingerprint density at radius 2 is 1.95 bits per heavy atom. The minimum absolute atomic E-state index is 0.0886. The lowest BCUT2D eigenvalue weighted by atomic mass is 9.93. The Morgan fingerprint density at radius 1 is 1.30 bits per heavy atom. The third-order valence-corrected chi connectivity index (χ3v) is 7.52. The fourth-order valence-corrected chi connectivity index (χ4v) is 5.82. The van der Waals surface area contributed by atoms with Crippen molar-refractivity contribution >= 4 is 53.5 Å². The van der Waals surface area contributed by atoms with E-state index >= 15 is 0 Å². The molecule has 20 heavy (non-hydrogen) atoms. The van der Waals surface area contributed by atoms with Gasteiger partial charge in [-0.1, -0.05) is 22.4 Å². The molecule has 1 fully saturated rings. The molecule has 1 aromatic rings. The fourth-order valence-electron chi connectivity index (χ4n) is 2.21. The van der Waals surface area contributed by atoms with Crippen LogP contribution in [0.3, 0.4) is 0 Å². The molecule has 3 nitrogen and oxygen atoms in total. The Morgan fingerprint density at radius 3 is 2.45 bits per heavy atom. The molecule has 0 unspecified atom stereocenters. The Labute approximate surface area is 142 Å². The highest BCUT2D eigenvalue weighted by molar-refractivity contribution is 9.11. The van der Waals surface area contributed by atoms with Gasteiger partial charge in [0.05, 0.1) is 4.90 Å². The van der Waals surface area contributed by atoms with Gasteiger partial charge in [-0.2, -0.15) is 4.31 Å². The number of alkyl halides is 1. The maximum absolute atomic E-state index is 12.9. The maximum atomic E-state index is 12.9. The van der Waals surface area contributed by atoms with Crippen molar-refractivity contribution in [1.29, 1.82) is 0 Å². The molecule has 1 saturated carbocycles. The number of halogens is 3. The van der Waals surface area contributed by atoms with E-state index in [1.807, 2.05) is 13.0 Å². The summed E-state index contributed by atoms with van der Waals surface area (Å²) in [4.78, 5) is 0.298. The molecular weight excluding hydrogens is 429 g/mol. The first-order chi connectivity index (χ1) is 9.37. The van der Waals surface area contributed by atoms with Crippen molar-refractivity contribution in [3.05, 3.63) is 26.6 Å². The molecule has 0 saturated heterocycles. The monoisotopic (exact) mass is 443 g/mol. The summed E-state index contributed by atoms with van der Waals surface area (Å²) in [5.41, 5.74) is 0.989. The van der Waals surface area contributed by atoms with Crippen LogP contribution in [-0.2, 0) is 10.0 Å². The summed E-state index contributed by atoms with van der Waals surface area (Å²) in [6, 6.07) is 3.57. The predicted molar refractivity (Wildman–Crippen MR) is 88.8 cm³/mol. The molecule has 0 spiro atoms. The van der Waals surface area contributed by atoms with E-state index in [2.05, 4.69) is 31.9 Å². The molecule has 2 rings (SSSR count). The van der Waals surface area contributed by atoms with Crippen LogP contribution in [0.1, 0.15) is 24.8 Å². The smallest absolute Gasteiger partial charge is 0.207 e. The van der Waals surface area contributed by atoms with Crippen molar-refractivity contribution in [2.24, 2.45) is 0 Å². The topological polar surface area (TPSA) is 37.4 Å². The Hall–Kier alpha value is 0.380. The molecule has 0 heterocycles. The number of nitrogens with zero attached hydrogens (tertiary/aromatic N) is 1. The summed E-state index contributed by atoms with van der Waals surface area (Å²) in [6.45, 7) is 2.28. The van der Waals surface area contributed by atoms with Gasteiger partial charge < -0.3 is 0 Å². The van der Waals surface area contributed by atoms with Crippen LogP contribution in [-0.4, -0.2) is 31.2 Å². The molecule has 1 aliphatic carbocycles. The van der Waals surface area contributed by atoms with E-state index < -0.39 is 10.0 Å². The molecule has 0 aliphatic heterocycles. The molecule has 1 aliphatic rings. The van der Waals surface area contributed by atoms with Crippen LogP contribution in [0.4, 0.5) is 0 Å². The van der Waals surface area contributed by atoms with E-state index in [-0.39, 0.29) is 6.04 Å². The van der Waals surface area contributed by atoms with Crippen LogP contribution in [0.2, 0.25) is 0 Å². The van der Waals surface area contributed by atoms with E-state index in [9.17, 15) is 8.42 Å². The van der Waals surface area contributed by atoms with E-state index in [4.69, 9.17) is 11.6 Å². The summed E-state index contributed by atoms with van der Waals surface area (Å²) in [5.74, 6) is 0.306. The van der Waals surface area contributed by atoms with E-state index in [0.717, 1.165) is 29.3 Å². The predicted octanol–water partition coefficient (Wildman–Crippen LogP) is 4.30. The van der Waals surface area contributed by atoms with Gasteiger partial charge in [0.15, 0.2) is 0 Å². The standard InChI is InChI=1S/C13H16Br2ClNO2S/c1-9-7-12(15)13(8-11(9)14)20(18,19)17(6-5-16)10-3-2-4-10/h7-8,10H,2-6H2,1H3. The number of sulfonamides is 1. The van der Waals surface area contributed by atoms with Crippen molar-refractivity contribution in [2.45, 2.75) is 37.1 Å². The van der Waals surface area contributed by atoms with Crippen LogP contribution < -0.4 is 0 Å². The minimum atomic E-state index is -3.52.